The number of carbonyl (C=O) groups excluding carboxylic acids is 1. The van der Waals surface area contributed by atoms with Gasteiger partial charge in [-0.3, -0.25) is 9.69 Å². The molecule has 4 rings (SSSR count). The fourth-order valence-electron chi connectivity index (χ4n) is 4.35. The highest BCUT2D eigenvalue weighted by atomic mass is 16.2. The average Bonchev–Trinajstić information content (AvgIpc) is 3.00. The molecule has 2 aliphatic rings. The van der Waals surface area contributed by atoms with E-state index in [2.05, 4.69) is 60.9 Å². The Morgan fingerprint density at radius 1 is 1.08 bits per heavy atom. The molecule has 0 bridgehead atoms. The van der Waals surface area contributed by atoms with Crippen LogP contribution >= 0.6 is 0 Å². The third-order valence-electron chi connectivity index (χ3n) is 5.70. The van der Waals surface area contributed by atoms with Crippen LogP contribution in [0.2, 0.25) is 0 Å². The lowest BCUT2D eigenvalue weighted by Crippen LogP contribution is -2.47. The summed E-state index contributed by atoms with van der Waals surface area (Å²) in [4.78, 5) is 17.7. The summed E-state index contributed by atoms with van der Waals surface area (Å²) in [5, 5.41) is 0. The van der Waals surface area contributed by atoms with Crippen molar-refractivity contribution in [3.63, 3.8) is 0 Å². The van der Waals surface area contributed by atoms with Crippen molar-refractivity contribution in [3.05, 3.63) is 71.3 Å². The van der Waals surface area contributed by atoms with Gasteiger partial charge in [0.05, 0.1) is 0 Å². The smallest absolute Gasteiger partial charge is 0.256 e. The van der Waals surface area contributed by atoms with E-state index in [1.54, 1.807) is 0 Å². The summed E-state index contributed by atoms with van der Waals surface area (Å²) in [6, 6.07) is 18.9. The highest BCUT2D eigenvalue weighted by molar-refractivity contribution is 6.00. The number of carbonyl (C=O) groups is 1. The van der Waals surface area contributed by atoms with Crippen LogP contribution in [0.15, 0.2) is 54.6 Å². The molecular formula is C21H24N2O. The fraction of sp³-hybridized carbons (Fsp3) is 0.381. The summed E-state index contributed by atoms with van der Waals surface area (Å²) in [6.45, 7) is 8.42. The van der Waals surface area contributed by atoms with Gasteiger partial charge in [0.15, 0.2) is 0 Å². The highest BCUT2D eigenvalue weighted by Gasteiger charge is 2.57. The normalized spacial score (nSPS) is 26.1. The Balaban J connectivity index is 1.80. The molecule has 1 amide bonds. The van der Waals surface area contributed by atoms with Crippen LogP contribution < -0.4 is 0 Å². The van der Waals surface area contributed by atoms with Crippen LogP contribution in [0.4, 0.5) is 0 Å². The van der Waals surface area contributed by atoms with Crippen molar-refractivity contribution >= 4 is 5.91 Å². The number of fused-ring (bicyclic) bond motifs is 3. The van der Waals surface area contributed by atoms with E-state index in [0.29, 0.717) is 5.92 Å². The molecule has 3 nitrogen and oxygen atoms in total. The van der Waals surface area contributed by atoms with Crippen LogP contribution in [0.25, 0.3) is 0 Å². The average molecular weight is 320 g/mol. The zero-order chi connectivity index (χ0) is 16.9. The zero-order valence-corrected chi connectivity index (χ0v) is 14.6. The predicted octanol–water partition coefficient (Wildman–Crippen LogP) is 3.86. The molecule has 2 aliphatic heterocycles. The standard InChI is InChI=1S/C21H24N2O/c1-15(2)19-14-22(13-16-9-5-4-6-10-16)21(3)18-12-8-7-11-17(18)20(24)23(19)21/h4-12,15,19H,13-14H2,1-3H3/t19-,21-/m0/s1. The fourth-order valence-corrected chi connectivity index (χ4v) is 4.35. The predicted molar refractivity (Wildman–Crippen MR) is 95.4 cm³/mol. The molecule has 2 heterocycles. The summed E-state index contributed by atoms with van der Waals surface area (Å²) < 4.78 is 0. The molecule has 0 aliphatic carbocycles. The monoisotopic (exact) mass is 320 g/mol. The number of rotatable bonds is 3. The van der Waals surface area contributed by atoms with Gasteiger partial charge in [-0.05, 0) is 24.5 Å². The van der Waals surface area contributed by atoms with E-state index in [4.69, 9.17) is 0 Å². The summed E-state index contributed by atoms with van der Waals surface area (Å²) in [5.41, 5.74) is 2.95. The van der Waals surface area contributed by atoms with Crippen LogP contribution in [0.1, 0.15) is 42.3 Å². The molecule has 1 fully saturated rings. The number of hydrogen-bond donors (Lipinski definition) is 0. The zero-order valence-electron chi connectivity index (χ0n) is 14.6. The minimum Gasteiger partial charge on any atom is -0.312 e. The van der Waals surface area contributed by atoms with Gasteiger partial charge in [0.25, 0.3) is 5.91 Å². The van der Waals surface area contributed by atoms with E-state index < -0.39 is 0 Å². The first-order chi connectivity index (χ1) is 11.5. The Hall–Kier alpha value is -2.13. The van der Waals surface area contributed by atoms with Crippen LogP contribution in [-0.2, 0) is 12.2 Å². The summed E-state index contributed by atoms with van der Waals surface area (Å²) in [5.74, 6) is 0.616. The lowest BCUT2D eigenvalue weighted by Gasteiger charge is -2.38. The summed E-state index contributed by atoms with van der Waals surface area (Å²) in [6.07, 6.45) is 0. The first kappa shape index (κ1) is 15.4. The van der Waals surface area contributed by atoms with Crippen molar-refractivity contribution in [1.82, 2.24) is 9.80 Å². The van der Waals surface area contributed by atoms with Crippen molar-refractivity contribution in [2.75, 3.05) is 6.54 Å². The highest BCUT2D eigenvalue weighted by Crippen LogP contribution is 2.48. The van der Waals surface area contributed by atoms with Gasteiger partial charge in [-0.1, -0.05) is 62.4 Å². The quantitative estimate of drug-likeness (QED) is 0.857. The molecule has 24 heavy (non-hydrogen) atoms. The van der Waals surface area contributed by atoms with Crippen LogP contribution in [0.3, 0.4) is 0 Å². The molecule has 2 atom stereocenters. The van der Waals surface area contributed by atoms with Crippen LogP contribution in [0.5, 0.6) is 0 Å². The first-order valence-electron chi connectivity index (χ1n) is 8.75. The van der Waals surface area contributed by atoms with Gasteiger partial charge in [-0.2, -0.15) is 0 Å². The Morgan fingerprint density at radius 2 is 1.75 bits per heavy atom. The number of nitrogens with zero attached hydrogens (tertiary/aromatic N) is 2. The minimum atomic E-state index is -0.349. The number of amides is 1. The second-order valence-electron chi connectivity index (χ2n) is 7.42. The molecule has 0 unspecified atom stereocenters. The van der Waals surface area contributed by atoms with E-state index in [1.165, 1.54) is 5.56 Å². The third-order valence-corrected chi connectivity index (χ3v) is 5.70. The molecule has 3 heteroatoms. The number of benzene rings is 2. The minimum absolute atomic E-state index is 0.183. The summed E-state index contributed by atoms with van der Waals surface area (Å²) >= 11 is 0. The Kier molecular flexibility index (Phi) is 3.50. The Morgan fingerprint density at radius 3 is 2.46 bits per heavy atom. The van der Waals surface area contributed by atoms with Crippen LogP contribution in [0, 0.1) is 5.92 Å². The Labute approximate surface area is 143 Å². The molecule has 1 saturated heterocycles. The molecular weight excluding hydrogens is 296 g/mol. The van der Waals surface area contributed by atoms with Gasteiger partial charge >= 0.3 is 0 Å². The lowest BCUT2D eigenvalue weighted by molar-refractivity contribution is 0.0205. The first-order valence-corrected chi connectivity index (χ1v) is 8.75. The van der Waals surface area contributed by atoms with Gasteiger partial charge in [0.2, 0.25) is 0 Å². The van der Waals surface area contributed by atoms with Crippen molar-refractivity contribution in [1.29, 1.82) is 0 Å². The van der Waals surface area contributed by atoms with Crippen LogP contribution in [-0.4, -0.2) is 28.3 Å². The summed E-state index contributed by atoms with van der Waals surface area (Å²) in [7, 11) is 0. The molecule has 2 aromatic rings. The third kappa shape index (κ3) is 2.04. The largest absolute Gasteiger partial charge is 0.312 e. The lowest BCUT2D eigenvalue weighted by atomic mass is 9.98. The van der Waals surface area contributed by atoms with E-state index in [-0.39, 0.29) is 17.6 Å². The molecule has 0 saturated carbocycles. The van der Waals surface area contributed by atoms with E-state index in [9.17, 15) is 4.79 Å². The van der Waals surface area contributed by atoms with E-state index in [1.807, 2.05) is 24.3 Å². The van der Waals surface area contributed by atoms with Gasteiger partial charge in [0, 0.05) is 30.3 Å². The van der Waals surface area contributed by atoms with Crippen molar-refractivity contribution in [2.24, 2.45) is 5.92 Å². The maximum atomic E-state index is 13.1. The maximum absolute atomic E-state index is 13.1. The second-order valence-corrected chi connectivity index (χ2v) is 7.42. The second kappa shape index (κ2) is 5.45. The van der Waals surface area contributed by atoms with Gasteiger partial charge in [0.1, 0.15) is 5.66 Å². The SMILES string of the molecule is CC(C)[C@@H]1CN(Cc2ccccc2)[C@]2(C)c3ccccc3C(=O)N12. The molecule has 0 spiro atoms. The van der Waals surface area contributed by atoms with Gasteiger partial charge in [-0.25, -0.2) is 0 Å². The maximum Gasteiger partial charge on any atom is 0.256 e. The molecule has 0 aromatic heterocycles. The topological polar surface area (TPSA) is 23.6 Å². The van der Waals surface area contributed by atoms with Gasteiger partial charge in [-0.15, -0.1) is 0 Å². The molecule has 2 aromatic carbocycles. The molecule has 124 valence electrons. The molecule has 0 radical (unpaired) electrons. The van der Waals surface area contributed by atoms with Gasteiger partial charge < -0.3 is 4.90 Å². The number of hydrogen-bond acceptors (Lipinski definition) is 2. The Bertz CT molecular complexity index is 770. The van der Waals surface area contributed by atoms with Crippen molar-refractivity contribution in [3.8, 4) is 0 Å². The van der Waals surface area contributed by atoms with Crippen molar-refractivity contribution < 1.29 is 4.79 Å². The van der Waals surface area contributed by atoms with E-state index >= 15 is 0 Å². The van der Waals surface area contributed by atoms with E-state index in [0.717, 1.165) is 24.2 Å². The molecule has 0 N–H and O–H groups in total. The van der Waals surface area contributed by atoms with Crippen molar-refractivity contribution in [2.45, 2.75) is 39.0 Å².